The summed E-state index contributed by atoms with van der Waals surface area (Å²) in [7, 11) is 0. The lowest BCUT2D eigenvalue weighted by Gasteiger charge is -2.33. The van der Waals surface area contributed by atoms with E-state index in [9.17, 15) is 10.2 Å². The highest BCUT2D eigenvalue weighted by atomic mass is 16.3. The van der Waals surface area contributed by atoms with Gasteiger partial charge in [0.1, 0.15) is 0 Å². The largest absolute Gasteiger partial charge is 0.393 e. The van der Waals surface area contributed by atoms with Gasteiger partial charge in [0.05, 0.1) is 12.2 Å². The van der Waals surface area contributed by atoms with E-state index in [2.05, 4.69) is 13.8 Å². The summed E-state index contributed by atoms with van der Waals surface area (Å²) in [6.07, 6.45) is 1.86. The molecule has 0 aliphatic heterocycles. The fraction of sp³-hybridized carbons (Fsp3) is 1.00. The SMILES string of the molecule is CC(C)[C@@H]1CC[C@H](O)C[C@H]1O. The van der Waals surface area contributed by atoms with Gasteiger partial charge in [0, 0.05) is 0 Å². The molecule has 2 heteroatoms. The number of aliphatic hydroxyl groups is 2. The first-order valence-corrected chi connectivity index (χ1v) is 4.47. The lowest BCUT2D eigenvalue weighted by atomic mass is 9.78. The van der Waals surface area contributed by atoms with E-state index >= 15 is 0 Å². The van der Waals surface area contributed by atoms with Crippen molar-refractivity contribution < 1.29 is 10.2 Å². The Balaban J connectivity index is 2.44. The quantitative estimate of drug-likeness (QED) is 0.601. The normalized spacial score (nSPS) is 39.5. The van der Waals surface area contributed by atoms with Gasteiger partial charge in [-0.25, -0.2) is 0 Å². The van der Waals surface area contributed by atoms with Crippen molar-refractivity contribution in [3.63, 3.8) is 0 Å². The average Bonchev–Trinajstić information content (AvgIpc) is 1.85. The van der Waals surface area contributed by atoms with Crippen molar-refractivity contribution in [2.75, 3.05) is 0 Å². The maximum atomic E-state index is 9.55. The van der Waals surface area contributed by atoms with E-state index in [1.165, 1.54) is 0 Å². The van der Waals surface area contributed by atoms with E-state index in [0.29, 0.717) is 18.3 Å². The minimum absolute atomic E-state index is 0.264. The molecule has 0 heterocycles. The van der Waals surface area contributed by atoms with Crippen molar-refractivity contribution in [1.82, 2.24) is 0 Å². The average molecular weight is 158 g/mol. The Morgan fingerprint density at radius 1 is 1.18 bits per heavy atom. The maximum Gasteiger partial charge on any atom is 0.0595 e. The van der Waals surface area contributed by atoms with Crippen molar-refractivity contribution in [2.45, 2.75) is 45.3 Å². The molecule has 1 aliphatic rings. The lowest BCUT2D eigenvalue weighted by molar-refractivity contribution is -0.0142. The standard InChI is InChI=1S/C9H18O2/c1-6(2)8-4-3-7(10)5-9(8)11/h6-11H,3-5H2,1-2H3/t7-,8-,9+/m0/s1. The number of hydrogen-bond acceptors (Lipinski definition) is 2. The van der Waals surface area contributed by atoms with Crippen LogP contribution in [0.25, 0.3) is 0 Å². The zero-order valence-electron chi connectivity index (χ0n) is 7.33. The van der Waals surface area contributed by atoms with Crippen molar-refractivity contribution in [2.24, 2.45) is 11.8 Å². The van der Waals surface area contributed by atoms with Crippen LogP contribution in [0.3, 0.4) is 0 Å². The number of rotatable bonds is 1. The van der Waals surface area contributed by atoms with Crippen molar-refractivity contribution in [3.05, 3.63) is 0 Å². The van der Waals surface area contributed by atoms with E-state index in [0.717, 1.165) is 12.8 Å². The second kappa shape index (κ2) is 3.55. The summed E-state index contributed by atoms with van der Waals surface area (Å²) in [4.78, 5) is 0. The molecule has 0 aromatic rings. The van der Waals surface area contributed by atoms with Crippen LogP contribution in [-0.2, 0) is 0 Å². The van der Waals surface area contributed by atoms with Gasteiger partial charge in [0.25, 0.3) is 0 Å². The summed E-state index contributed by atoms with van der Waals surface area (Å²) < 4.78 is 0. The van der Waals surface area contributed by atoms with Crippen molar-refractivity contribution in [3.8, 4) is 0 Å². The third-order valence-electron chi connectivity index (χ3n) is 2.70. The van der Waals surface area contributed by atoms with Crippen LogP contribution in [-0.4, -0.2) is 22.4 Å². The Morgan fingerprint density at radius 3 is 2.27 bits per heavy atom. The molecule has 0 spiro atoms. The van der Waals surface area contributed by atoms with Crippen LogP contribution >= 0.6 is 0 Å². The van der Waals surface area contributed by atoms with Crippen molar-refractivity contribution >= 4 is 0 Å². The van der Waals surface area contributed by atoms with Gasteiger partial charge in [0.2, 0.25) is 0 Å². The first-order valence-electron chi connectivity index (χ1n) is 4.47. The monoisotopic (exact) mass is 158 g/mol. The summed E-state index contributed by atoms with van der Waals surface area (Å²) in [5.41, 5.74) is 0. The third-order valence-corrected chi connectivity index (χ3v) is 2.70. The van der Waals surface area contributed by atoms with Gasteiger partial charge in [-0.05, 0) is 31.1 Å². The second-order valence-corrected chi connectivity index (χ2v) is 3.94. The summed E-state index contributed by atoms with van der Waals surface area (Å²) in [6, 6.07) is 0. The van der Waals surface area contributed by atoms with Gasteiger partial charge in [-0.15, -0.1) is 0 Å². The van der Waals surface area contributed by atoms with Crippen molar-refractivity contribution in [1.29, 1.82) is 0 Å². The van der Waals surface area contributed by atoms with E-state index in [1.807, 2.05) is 0 Å². The van der Waals surface area contributed by atoms with Gasteiger partial charge in [-0.3, -0.25) is 0 Å². The molecule has 0 aromatic carbocycles. The minimum Gasteiger partial charge on any atom is -0.393 e. The number of hydrogen-bond donors (Lipinski definition) is 2. The van der Waals surface area contributed by atoms with Crippen LogP contribution in [0.4, 0.5) is 0 Å². The van der Waals surface area contributed by atoms with Gasteiger partial charge < -0.3 is 10.2 Å². The molecule has 0 unspecified atom stereocenters. The lowest BCUT2D eigenvalue weighted by Crippen LogP contribution is -2.34. The molecular weight excluding hydrogens is 140 g/mol. The van der Waals surface area contributed by atoms with Crippen LogP contribution in [0, 0.1) is 11.8 Å². The van der Waals surface area contributed by atoms with E-state index in [4.69, 9.17) is 0 Å². The van der Waals surface area contributed by atoms with Gasteiger partial charge in [-0.2, -0.15) is 0 Å². The molecule has 0 saturated heterocycles. The fourth-order valence-corrected chi connectivity index (χ4v) is 1.93. The molecule has 1 saturated carbocycles. The Morgan fingerprint density at radius 2 is 1.82 bits per heavy atom. The zero-order chi connectivity index (χ0) is 8.43. The van der Waals surface area contributed by atoms with Crippen LogP contribution in [0.2, 0.25) is 0 Å². The van der Waals surface area contributed by atoms with Gasteiger partial charge in [-0.1, -0.05) is 13.8 Å². The molecule has 1 fully saturated rings. The Hall–Kier alpha value is -0.0800. The summed E-state index contributed by atoms with van der Waals surface area (Å²) in [5, 5.41) is 18.8. The predicted octanol–water partition coefficient (Wildman–Crippen LogP) is 1.16. The highest BCUT2D eigenvalue weighted by Gasteiger charge is 2.29. The highest BCUT2D eigenvalue weighted by Crippen LogP contribution is 2.30. The first-order chi connectivity index (χ1) is 5.11. The number of aliphatic hydroxyl groups excluding tert-OH is 2. The molecule has 2 N–H and O–H groups in total. The summed E-state index contributed by atoms with van der Waals surface area (Å²) in [6.45, 7) is 4.26. The van der Waals surface area contributed by atoms with E-state index in [1.54, 1.807) is 0 Å². The molecule has 1 aliphatic carbocycles. The van der Waals surface area contributed by atoms with Gasteiger partial charge in [0.15, 0.2) is 0 Å². The Bertz CT molecular complexity index is 123. The predicted molar refractivity (Wildman–Crippen MR) is 44.2 cm³/mol. The van der Waals surface area contributed by atoms with Crippen LogP contribution in [0.5, 0.6) is 0 Å². The molecule has 66 valence electrons. The Labute approximate surface area is 68.2 Å². The zero-order valence-corrected chi connectivity index (χ0v) is 7.33. The van der Waals surface area contributed by atoms with Crippen LogP contribution < -0.4 is 0 Å². The highest BCUT2D eigenvalue weighted by molar-refractivity contribution is 4.80. The summed E-state index contributed by atoms with van der Waals surface area (Å²) in [5.74, 6) is 0.941. The minimum atomic E-state index is -0.279. The Kier molecular flexibility index (Phi) is 2.90. The van der Waals surface area contributed by atoms with Crippen LogP contribution in [0.15, 0.2) is 0 Å². The third kappa shape index (κ3) is 2.17. The molecule has 0 radical (unpaired) electrons. The molecule has 0 aromatic heterocycles. The molecule has 11 heavy (non-hydrogen) atoms. The summed E-state index contributed by atoms with van der Waals surface area (Å²) >= 11 is 0. The molecule has 1 rings (SSSR count). The molecule has 2 nitrogen and oxygen atoms in total. The molecule has 3 atom stereocenters. The fourth-order valence-electron chi connectivity index (χ4n) is 1.93. The molecule has 0 amide bonds. The van der Waals surface area contributed by atoms with E-state index < -0.39 is 0 Å². The van der Waals surface area contributed by atoms with Crippen LogP contribution in [0.1, 0.15) is 33.1 Å². The smallest absolute Gasteiger partial charge is 0.0595 e. The second-order valence-electron chi connectivity index (χ2n) is 3.94. The molecule has 0 bridgehead atoms. The first kappa shape index (κ1) is 9.01. The van der Waals surface area contributed by atoms with E-state index in [-0.39, 0.29) is 12.2 Å². The maximum absolute atomic E-state index is 9.55. The molecular formula is C9H18O2. The topological polar surface area (TPSA) is 40.5 Å². The van der Waals surface area contributed by atoms with Gasteiger partial charge >= 0.3 is 0 Å².